The number of nitrogens with zero attached hydrogens (tertiary/aromatic N) is 1. The molecule has 0 amide bonds. The molecule has 1 aromatic heterocycles. The molecular weight excluding hydrogens is 316 g/mol. The minimum absolute atomic E-state index is 0.0541. The fourth-order valence-corrected chi connectivity index (χ4v) is 4.97. The van der Waals surface area contributed by atoms with Crippen LogP contribution in [0.4, 0.5) is 0 Å². The monoisotopic (exact) mass is 338 g/mol. The number of Topliss-reactive ketones (excluding diaryl/α,β-unsaturated/α-hetero) is 1. The smallest absolute Gasteiger partial charge is 0.340 e. The van der Waals surface area contributed by atoms with E-state index >= 15 is 0 Å². The number of esters is 1. The molecule has 1 aliphatic carbocycles. The molecule has 4 aliphatic rings. The van der Waals surface area contributed by atoms with Crippen LogP contribution in [0, 0.1) is 5.92 Å². The van der Waals surface area contributed by atoms with Crippen LogP contribution in [-0.2, 0) is 9.53 Å². The fourth-order valence-electron chi connectivity index (χ4n) is 4.97. The van der Waals surface area contributed by atoms with Gasteiger partial charge in [0.15, 0.2) is 5.78 Å². The van der Waals surface area contributed by atoms with Gasteiger partial charge in [-0.3, -0.25) is 9.69 Å². The average Bonchev–Trinajstić information content (AvgIpc) is 3.16. The SMILES string of the molecule is O=C(O[C@H]1CCCC2C(=O)CN3C(CC23)C1)c1c[nH]c2ccccc12. The van der Waals surface area contributed by atoms with E-state index in [1.165, 1.54) is 0 Å². The van der Waals surface area contributed by atoms with E-state index in [0.717, 1.165) is 43.0 Å². The second-order valence-corrected chi connectivity index (χ2v) is 7.64. The van der Waals surface area contributed by atoms with E-state index in [2.05, 4.69) is 9.88 Å². The van der Waals surface area contributed by atoms with Crippen LogP contribution in [-0.4, -0.2) is 46.4 Å². The lowest BCUT2D eigenvalue weighted by atomic mass is 9.84. The maximum absolute atomic E-state index is 12.7. The molecule has 3 aliphatic heterocycles. The number of ether oxygens (including phenoxy) is 1. The Hall–Kier alpha value is -2.14. The van der Waals surface area contributed by atoms with Crippen LogP contribution in [0.2, 0.25) is 0 Å². The van der Waals surface area contributed by atoms with Gasteiger partial charge in [0.25, 0.3) is 0 Å². The Balaban J connectivity index is 1.32. The predicted molar refractivity (Wildman–Crippen MR) is 93.4 cm³/mol. The van der Waals surface area contributed by atoms with Gasteiger partial charge in [-0.2, -0.15) is 0 Å². The molecule has 5 heteroatoms. The second kappa shape index (κ2) is 5.70. The van der Waals surface area contributed by atoms with Crippen molar-refractivity contribution in [1.82, 2.24) is 9.88 Å². The van der Waals surface area contributed by atoms with Gasteiger partial charge >= 0.3 is 5.97 Å². The third-order valence-corrected chi connectivity index (χ3v) is 6.28. The van der Waals surface area contributed by atoms with Crippen molar-refractivity contribution in [3.63, 3.8) is 0 Å². The van der Waals surface area contributed by atoms with E-state index in [0.29, 0.717) is 30.0 Å². The number of nitrogens with one attached hydrogen (secondary N) is 1. The molecule has 2 aromatic rings. The Morgan fingerprint density at radius 2 is 2.08 bits per heavy atom. The van der Waals surface area contributed by atoms with Gasteiger partial charge in [0, 0.05) is 41.5 Å². The zero-order valence-electron chi connectivity index (χ0n) is 14.1. The summed E-state index contributed by atoms with van der Waals surface area (Å²) in [6, 6.07) is 8.64. The van der Waals surface area contributed by atoms with E-state index in [-0.39, 0.29) is 18.0 Å². The zero-order chi connectivity index (χ0) is 17.0. The highest BCUT2D eigenvalue weighted by atomic mass is 16.5. The number of carbonyl (C=O) groups is 2. The Labute approximate surface area is 146 Å². The number of rotatable bonds is 2. The number of aromatic amines is 1. The summed E-state index contributed by atoms with van der Waals surface area (Å²) >= 11 is 0. The number of carbonyl (C=O) groups excluding carboxylic acids is 2. The van der Waals surface area contributed by atoms with Crippen LogP contribution < -0.4 is 0 Å². The summed E-state index contributed by atoms with van der Waals surface area (Å²) in [6.45, 7) is 0.600. The highest BCUT2D eigenvalue weighted by Crippen LogP contribution is 2.43. The minimum atomic E-state index is -0.242. The van der Waals surface area contributed by atoms with Gasteiger partial charge in [0.2, 0.25) is 0 Å². The van der Waals surface area contributed by atoms with E-state index < -0.39 is 0 Å². The van der Waals surface area contributed by atoms with Crippen LogP contribution >= 0.6 is 0 Å². The summed E-state index contributed by atoms with van der Waals surface area (Å²) in [5.41, 5.74) is 1.56. The standard InChI is InChI=1S/C20H22N2O3/c23-19-11-22-12-8-13(4-3-6-15(19)18(22)9-12)25-20(24)16-10-21-17-7-2-1-5-14(16)17/h1-2,5,7,10,12-13,15,18,21H,3-4,6,8-9,11H2/t12?,13-,15?,18?/m0/s1. The van der Waals surface area contributed by atoms with Crippen molar-refractivity contribution in [3.05, 3.63) is 36.0 Å². The Morgan fingerprint density at radius 1 is 1.20 bits per heavy atom. The van der Waals surface area contributed by atoms with Crippen LogP contribution in [0.1, 0.15) is 42.5 Å². The third-order valence-electron chi connectivity index (χ3n) is 6.28. The summed E-state index contributed by atoms with van der Waals surface area (Å²) in [7, 11) is 0. The van der Waals surface area contributed by atoms with Crippen molar-refractivity contribution in [2.24, 2.45) is 5.92 Å². The molecule has 3 saturated heterocycles. The highest BCUT2D eigenvalue weighted by molar-refractivity contribution is 6.04. The lowest BCUT2D eigenvalue weighted by Crippen LogP contribution is -2.54. The molecule has 1 saturated carbocycles. The normalized spacial score (nSPS) is 34.1. The third kappa shape index (κ3) is 2.41. The van der Waals surface area contributed by atoms with Crippen LogP contribution in [0.3, 0.4) is 0 Å². The maximum Gasteiger partial charge on any atom is 0.340 e. The number of aromatic nitrogens is 1. The maximum atomic E-state index is 12.7. The molecule has 0 radical (unpaired) electrons. The Morgan fingerprint density at radius 3 is 3.00 bits per heavy atom. The van der Waals surface area contributed by atoms with Crippen LogP contribution in [0.15, 0.2) is 30.5 Å². The summed E-state index contributed by atoms with van der Waals surface area (Å²) in [6.07, 6.45) is 6.37. The summed E-state index contributed by atoms with van der Waals surface area (Å²) in [5, 5.41) is 0.910. The highest BCUT2D eigenvalue weighted by Gasteiger charge is 2.52. The van der Waals surface area contributed by atoms with Gasteiger partial charge in [0.05, 0.1) is 12.1 Å². The number of H-pyrrole nitrogens is 1. The van der Waals surface area contributed by atoms with Gasteiger partial charge in [0.1, 0.15) is 6.10 Å². The molecule has 5 nitrogen and oxygen atoms in total. The van der Waals surface area contributed by atoms with E-state index in [9.17, 15) is 9.59 Å². The van der Waals surface area contributed by atoms with Crippen molar-refractivity contribution in [2.45, 2.75) is 50.3 Å². The molecule has 1 N–H and O–H groups in total. The molecular formula is C20H22N2O3. The lowest BCUT2D eigenvalue weighted by molar-refractivity contribution is -0.120. The van der Waals surface area contributed by atoms with Crippen LogP contribution in [0.25, 0.3) is 10.9 Å². The van der Waals surface area contributed by atoms with Crippen molar-refractivity contribution >= 4 is 22.7 Å². The van der Waals surface area contributed by atoms with Gasteiger partial charge in [-0.1, -0.05) is 18.2 Å². The zero-order valence-corrected chi connectivity index (χ0v) is 14.1. The Bertz CT molecular complexity index is 842. The second-order valence-electron chi connectivity index (χ2n) is 7.64. The molecule has 1 aromatic carbocycles. The number of hydrogen-bond donors (Lipinski definition) is 1. The first-order valence-corrected chi connectivity index (χ1v) is 9.26. The minimum Gasteiger partial charge on any atom is -0.459 e. The summed E-state index contributed by atoms with van der Waals surface area (Å²) in [5.74, 6) is 0.398. The number of fused-ring (bicyclic) bond motifs is 5. The number of hydrogen-bond acceptors (Lipinski definition) is 4. The lowest BCUT2D eigenvalue weighted by Gasteiger charge is -2.45. The van der Waals surface area contributed by atoms with E-state index in [1.807, 2.05) is 24.3 Å². The Kier molecular flexibility index (Phi) is 3.45. The van der Waals surface area contributed by atoms with Crippen molar-refractivity contribution < 1.29 is 14.3 Å². The predicted octanol–water partition coefficient (Wildman–Crippen LogP) is 2.91. The average molecular weight is 338 g/mol. The first kappa shape index (κ1) is 15.1. The molecule has 6 rings (SSSR count). The van der Waals surface area contributed by atoms with Crippen molar-refractivity contribution in [1.29, 1.82) is 0 Å². The van der Waals surface area contributed by atoms with E-state index in [4.69, 9.17) is 4.74 Å². The molecule has 4 bridgehead atoms. The molecule has 130 valence electrons. The van der Waals surface area contributed by atoms with Gasteiger partial charge in [-0.25, -0.2) is 4.79 Å². The number of para-hydroxylation sites is 1. The molecule has 25 heavy (non-hydrogen) atoms. The first-order valence-electron chi connectivity index (χ1n) is 9.26. The number of benzene rings is 1. The van der Waals surface area contributed by atoms with Gasteiger partial charge in [-0.05, 0) is 31.7 Å². The van der Waals surface area contributed by atoms with Crippen molar-refractivity contribution in [2.75, 3.05) is 6.54 Å². The molecule has 4 unspecified atom stereocenters. The molecule has 4 heterocycles. The molecule has 4 fully saturated rings. The quantitative estimate of drug-likeness (QED) is 0.855. The molecule has 5 atom stereocenters. The number of ketones is 1. The van der Waals surface area contributed by atoms with Crippen molar-refractivity contribution in [3.8, 4) is 0 Å². The topological polar surface area (TPSA) is 62.4 Å². The fraction of sp³-hybridized carbons (Fsp3) is 0.500. The van der Waals surface area contributed by atoms with Gasteiger partial charge in [-0.15, -0.1) is 0 Å². The summed E-state index contributed by atoms with van der Waals surface area (Å²) in [4.78, 5) is 30.3. The largest absolute Gasteiger partial charge is 0.459 e. The summed E-state index contributed by atoms with van der Waals surface area (Å²) < 4.78 is 5.89. The first-order chi connectivity index (χ1) is 12.2. The van der Waals surface area contributed by atoms with Crippen LogP contribution in [0.5, 0.6) is 0 Å². The molecule has 0 spiro atoms. The van der Waals surface area contributed by atoms with Gasteiger partial charge < -0.3 is 9.72 Å². The van der Waals surface area contributed by atoms with E-state index in [1.54, 1.807) is 6.20 Å².